The first-order valence-electron chi connectivity index (χ1n) is 18.7. The van der Waals surface area contributed by atoms with Gasteiger partial charge in [-0.3, -0.25) is 4.79 Å². The monoisotopic (exact) mass is 724 g/mol. The number of anilines is 1. The molecule has 6 atom stereocenters. The number of carbonyl (C=O) groups is 2. The van der Waals surface area contributed by atoms with Crippen LogP contribution in [0.25, 0.3) is 11.8 Å². The number of hydrogen-bond donors (Lipinski definition) is 2. The van der Waals surface area contributed by atoms with Gasteiger partial charge in [0.1, 0.15) is 29.2 Å². The number of hydrogen-bond acceptors (Lipinski definition) is 10. The second kappa shape index (κ2) is 13.0. The Morgan fingerprint density at radius 2 is 1.85 bits per heavy atom. The van der Waals surface area contributed by atoms with Crippen LogP contribution in [0.3, 0.4) is 0 Å². The van der Waals surface area contributed by atoms with Gasteiger partial charge in [-0.1, -0.05) is 43.2 Å². The maximum atomic E-state index is 15.0. The molecule has 1 spiro atoms. The van der Waals surface area contributed by atoms with Crippen LogP contribution < -0.4 is 19.5 Å². The standard InChI is InChI=1S/C42H52N4O7/c1-22(2)12-11-17-40(8)18-16-27-34(52-40)26(14-13-23(3)4)36-30(35(27)50-9)32-31-33(46-39(45-32)43-21-44-46)28-20-29(24(5)6)42(31,53-36)41(49,37(28)47)19-15-25(7)38(48)51-10/h12-13,15-16,18,21,24,28-29,33,49H,11,14,17,19-20H2,1-10H3,(H,43,44,45)/b25-15-. The number of methoxy groups -OCH3 is 2. The smallest absolute Gasteiger partial charge is 0.333 e. The molecule has 8 rings (SSSR count). The Morgan fingerprint density at radius 1 is 1.11 bits per heavy atom. The second-order valence-corrected chi connectivity index (χ2v) is 16.2. The van der Waals surface area contributed by atoms with Gasteiger partial charge in [0.05, 0.1) is 37.1 Å². The number of carbonyl (C=O) groups excluding carboxylic acids is 2. The molecule has 11 nitrogen and oxygen atoms in total. The van der Waals surface area contributed by atoms with Crippen LogP contribution in [0.1, 0.15) is 104 Å². The van der Waals surface area contributed by atoms with Crippen LogP contribution >= 0.6 is 0 Å². The van der Waals surface area contributed by atoms with E-state index in [1.165, 1.54) is 19.0 Å². The van der Waals surface area contributed by atoms with Gasteiger partial charge in [-0.05, 0) is 85.3 Å². The van der Waals surface area contributed by atoms with Gasteiger partial charge in [-0.2, -0.15) is 10.1 Å². The molecule has 3 fully saturated rings. The van der Waals surface area contributed by atoms with E-state index in [0.717, 1.165) is 35.1 Å². The summed E-state index contributed by atoms with van der Waals surface area (Å²) in [5.74, 6) is 0.398. The second-order valence-electron chi connectivity index (χ2n) is 16.2. The molecule has 0 radical (unpaired) electrons. The van der Waals surface area contributed by atoms with E-state index in [0.29, 0.717) is 52.9 Å². The summed E-state index contributed by atoms with van der Waals surface area (Å²) >= 11 is 0. The van der Waals surface area contributed by atoms with Crippen LogP contribution in [0.2, 0.25) is 0 Å². The summed E-state index contributed by atoms with van der Waals surface area (Å²) < 4.78 is 27.7. The SMILES string of the molecule is COC(=O)/C(C)=C\CC1(O)C(=O)C2CC(C(C)C)C13Oc1c(CC=C(C)C)c4c(c(OC)c1C1=C3C2n2ncnc2N1)C=CC(C)(CCC=C(C)C)O4. The Hall–Kier alpha value is -4.64. The molecule has 6 unspecified atom stereocenters. The number of aliphatic hydroxyl groups is 1. The Labute approximate surface area is 311 Å². The lowest BCUT2D eigenvalue weighted by molar-refractivity contribution is -0.210. The van der Waals surface area contributed by atoms with E-state index in [2.05, 4.69) is 88.2 Å². The summed E-state index contributed by atoms with van der Waals surface area (Å²) in [6.45, 7) is 16.2. The third kappa shape index (κ3) is 5.40. The van der Waals surface area contributed by atoms with E-state index in [9.17, 15) is 14.7 Å². The van der Waals surface area contributed by atoms with Gasteiger partial charge < -0.3 is 29.4 Å². The molecule has 0 saturated heterocycles. The number of esters is 1. The third-order valence-electron chi connectivity index (χ3n) is 11.9. The first-order chi connectivity index (χ1) is 25.1. The maximum absolute atomic E-state index is 15.0. The number of allylic oxidation sites excluding steroid dienone is 4. The molecule has 11 heteroatoms. The highest BCUT2D eigenvalue weighted by molar-refractivity contribution is 6.02. The summed E-state index contributed by atoms with van der Waals surface area (Å²) in [6.07, 6.45) is 14.0. The Balaban J connectivity index is 1.55. The van der Waals surface area contributed by atoms with Crippen LogP contribution in [-0.4, -0.2) is 62.6 Å². The third-order valence-corrected chi connectivity index (χ3v) is 11.9. The fourth-order valence-corrected chi connectivity index (χ4v) is 9.30. The molecule has 282 valence electrons. The number of ketones is 1. The summed E-state index contributed by atoms with van der Waals surface area (Å²) in [5.41, 5.74) is 2.16. The van der Waals surface area contributed by atoms with Crippen molar-refractivity contribution in [1.82, 2.24) is 14.8 Å². The lowest BCUT2D eigenvalue weighted by atomic mass is 9.46. The van der Waals surface area contributed by atoms with Crippen molar-refractivity contribution in [3.63, 3.8) is 0 Å². The van der Waals surface area contributed by atoms with Crippen molar-refractivity contribution >= 4 is 29.5 Å². The number of aromatic nitrogens is 3. The molecule has 2 aromatic rings. The molecule has 1 aromatic heterocycles. The Bertz CT molecular complexity index is 2040. The first-order valence-corrected chi connectivity index (χ1v) is 18.7. The average Bonchev–Trinajstić information content (AvgIpc) is 3.59. The Morgan fingerprint density at radius 3 is 2.51 bits per heavy atom. The topological polar surface area (TPSA) is 134 Å². The number of Topliss-reactive ketones (excluding diaryl/α,β-unsaturated/α-hetero) is 1. The number of rotatable bonds is 10. The Kier molecular flexibility index (Phi) is 9.03. The van der Waals surface area contributed by atoms with E-state index < -0.39 is 34.7 Å². The predicted molar refractivity (Wildman–Crippen MR) is 203 cm³/mol. The van der Waals surface area contributed by atoms with Gasteiger partial charge in [0.15, 0.2) is 17.0 Å². The number of fused-ring (bicyclic) bond motifs is 6. The van der Waals surface area contributed by atoms with Crippen molar-refractivity contribution in [1.29, 1.82) is 0 Å². The summed E-state index contributed by atoms with van der Waals surface area (Å²) in [4.78, 5) is 32.1. The van der Waals surface area contributed by atoms with E-state index in [-0.39, 0.29) is 24.0 Å². The molecule has 3 aliphatic carbocycles. The molecular formula is C42H52N4O7. The number of nitrogens with one attached hydrogen (secondary N) is 1. The van der Waals surface area contributed by atoms with Crippen molar-refractivity contribution in [2.24, 2.45) is 17.8 Å². The van der Waals surface area contributed by atoms with Crippen LogP contribution in [0.5, 0.6) is 17.2 Å². The van der Waals surface area contributed by atoms with Gasteiger partial charge in [-0.25, -0.2) is 9.48 Å². The molecule has 4 heterocycles. The average molecular weight is 725 g/mol. The molecule has 2 N–H and O–H groups in total. The van der Waals surface area contributed by atoms with Crippen molar-refractivity contribution in [2.75, 3.05) is 19.5 Å². The quantitative estimate of drug-likeness (QED) is 0.146. The number of ether oxygens (including phenoxy) is 4. The van der Waals surface area contributed by atoms with E-state index in [1.54, 1.807) is 24.8 Å². The van der Waals surface area contributed by atoms with Crippen LogP contribution in [0.15, 0.2) is 52.9 Å². The predicted octanol–water partition coefficient (Wildman–Crippen LogP) is 7.33. The zero-order chi connectivity index (χ0) is 38.2. The highest BCUT2D eigenvalue weighted by Gasteiger charge is 2.77. The molecule has 53 heavy (non-hydrogen) atoms. The van der Waals surface area contributed by atoms with Gasteiger partial charge >= 0.3 is 5.97 Å². The maximum Gasteiger partial charge on any atom is 0.333 e. The molecule has 1 aromatic carbocycles. The molecule has 0 amide bonds. The fraction of sp³-hybridized carbons (Fsp3) is 0.524. The number of benzene rings is 1. The lowest BCUT2D eigenvalue weighted by Crippen LogP contribution is -2.78. The summed E-state index contributed by atoms with van der Waals surface area (Å²) in [5, 5.41) is 21.4. The highest BCUT2D eigenvalue weighted by Crippen LogP contribution is 2.69. The highest BCUT2D eigenvalue weighted by atomic mass is 16.5. The van der Waals surface area contributed by atoms with Gasteiger partial charge in [0, 0.05) is 35.0 Å². The van der Waals surface area contributed by atoms with Crippen LogP contribution in [0, 0.1) is 17.8 Å². The van der Waals surface area contributed by atoms with Crippen molar-refractivity contribution in [3.05, 3.63) is 69.6 Å². The molecule has 6 aliphatic rings. The van der Waals surface area contributed by atoms with Crippen molar-refractivity contribution in [2.45, 2.75) is 110 Å². The van der Waals surface area contributed by atoms with Gasteiger partial charge in [0.25, 0.3) is 0 Å². The summed E-state index contributed by atoms with van der Waals surface area (Å²) in [6, 6.07) is -0.558. The fourth-order valence-electron chi connectivity index (χ4n) is 9.30. The van der Waals surface area contributed by atoms with E-state index in [4.69, 9.17) is 18.9 Å². The molecule has 3 saturated carbocycles. The largest absolute Gasteiger partial charge is 0.495 e. The molecule has 2 bridgehead atoms. The first kappa shape index (κ1) is 36.7. The number of nitrogens with zero attached hydrogens (tertiary/aromatic N) is 3. The zero-order valence-corrected chi connectivity index (χ0v) is 32.5. The van der Waals surface area contributed by atoms with Crippen LogP contribution in [0.4, 0.5) is 5.95 Å². The molecular weight excluding hydrogens is 672 g/mol. The van der Waals surface area contributed by atoms with E-state index in [1.807, 2.05) is 0 Å². The zero-order valence-electron chi connectivity index (χ0n) is 32.5. The normalized spacial score (nSPS) is 28.9. The minimum atomic E-state index is -2.05. The van der Waals surface area contributed by atoms with Gasteiger partial charge in [0.2, 0.25) is 5.95 Å². The van der Waals surface area contributed by atoms with Crippen LogP contribution in [-0.2, 0) is 20.7 Å². The minimum Gasteiger partial charge on any atom is -0.495 e. The van der Waals surface area contributed by atoms with E-state index >= 15 is 0 Å². The lowest BCUT2D eigenvalue weighted by Gasteiger charge is -2.65. The minimum absolute atomic E-state index is 0.00508. The van der Waals surface area contributed by atoms with Crippen molar-refractivity contribution in [3.8, 4) is 17.2 Å². The molecule has 3 aliphatic heterocycles. The summed E-state index contributed by atoms with van der Waals surface area (Å²) in [7, 11) is 2.96. The van der Waals surface area contributed by atoms with Gasteiger partial charge in [-0.15, -0.1) is 0 Å². The van der Waals surface area contributed by atoms with Crippen molar-refractivity contribution < 1.29 is 33.6 Å².